The van der Waals surface area contributed by atoms with Crippen LogP contribution in [-0.4, -0.2) is 19.7 Å². The molecule has 0 unspecified atom stereocenters. The summed E-state index contributed by atoms with van der Waals surface area (Å²) in [6, 6.07) is 3.44. The number of rotatable bonds is 7. The number of esters is 1. The van der Waals surface area contributed by atoms with E-state index in [1.807, 2.05) is 44.2 Å². The largest absolute Gasteiger partial charge is 0.497 e. The highest BCUT2D eigenvalue weighted by molar-refractivity contribution is 6.37. The first kappa shape index (κ1) is 21.1. The van der Waals surface area contributed by atoms with E-state index in [-0.39, 0.29) is 5.97 Å². The quantitative estimate of drug-likeness (QED) is 0.329. The summed E-state index contributed by atoms with van der Waals surface area (Å²) in [5, 5.41) is 1.05. The Hall–Kier alpha value is -1.97. The fourth-order valence-corrected chi connectivity index (χ4v) is 2.47. The molecule has 3 nitrogen and oxygen atoms in total. The van der Waals surface area contributed by atoms with Crippen LogP contribution >= 0.6 is 23.2 Å². The highest BCUT2D eigenvalue weighted by Crippen LogP contribution is 2.31. The van der Waals surface area contributed by atoms with Crippen molar-refractivity contribution in [2.75, 3.05) is 13.7 Å². The molecule has 0 N–H and O–H groups in total. The van der Waals surface area contributed by atoms with E-state index in [1.165, 1.54) is 6.08 Å². The molecule has 0 aliphatic carbocycles. The predicted octanol–water partition coefficient (Wildman–Crippen LogP) is 6.03. The third kappa shape index (κ3) is 7.63. The summed E-state index contributed by atoms with van der Waals surface area (Å²) >= 11 is 12.4. The van der Waals surface area contributed by atoms with Gasteiger partial charge in [-0.05, 0) is 38.5 Å². The van der Waals surface area contributed by atoms with Crippen LogP contribution in [-0.2, 0) is 9.53 Å². The minimum Gasteiger partial charge on any atom is -0.497 e. The minimum atomic E-state index is -0.339. The summed E-state index contributed by atoms with van der Waals surface area (Å²) in [6.45, 7) is 5.93. The number of methoxy groups -OCH3 is 1. The van der Waals surface area contributed by atoms with Crippen molar-refractivity contribution in [2.24, 2.45) is 0 Å². The van der Waals surface area contributed by atoms with Crippen molar-refractivity contribution in [3.63, 3.8) is 0 Å². The molecule has 0 aliphatic heterocycles. The van der Waals surface area contributed by atoms with Crippen molar-refractivity contribution in [1.82, 2.24) is 0 Å². The molecule has 1 rings (SSSR count). The molecule has 25 heavy (non-hydrogen) atoms. The SMILES string of the molecule is CCOC(=O)C=C(C)C=CC=C(C)C=Cc1c(Cl)cc(OC)cc1Cl. The van der Waals surface area contributed by atoms with E-state index >= 15 is 0 Å². The van der Waals surface area contributed by atoms with E-state index in [4.69, 9.17) is 32.7 Å². The van der Waals surface area contributed by atoms with Crippen LogP contribution in [0, 0.1) is 0 Å². The van der Waals surface area contributed by atoms with Crippen molar-refractivity contribution in [2.45, 2.75) is 20.8 Å². The summed E-state index contributed by atoms with van der Waals surface area (Å²) in [7, 11) is 1.56. The van der Waals surface area contributed by atoms with Gasteiger partial charge in [-0.15, -0.1) is 0 Å². The number of hydrogen-bond donors (Lipinski definition) is 0. The van der Waals surface area contributed by atoms with Crippen LogP contribution in [0.5, 0.6) is 5.75 Å². The van der Waals surface area contributed by atoms with E-state index in [9.17, 15) is 4.79 Å². The lowest BCUT2D eigenvalue weighted by molar-refractivity contribution is -0.137. The molecule has 0 atom stereocenters. The molecule has 0 fully saturated rings. The average molecular weight is 381 g/mol. The Morgan fingerprint density at radius 1 is 1.12 bits per heavy atom. The van der Waals surface area contributed by atoms with Gasteiger partial charge in [0.2, 0.25) is 0 Å². The molecule has 0 amide bonds. The molecule has 1 aromatic carbocycles. The van der Waals surface area contributed by atoms with Gasteiger partial charge in [-0.3, -0.25) is 0 Å². The average Bonchev–Trinajstić information content (AvgIpc) is 2.53. The van der Waals surface area contributed by atoms with Gasteiger partial charge in [0.1, 0.15) is 5.75 Å². The van der Waals surface area contributed by atoms with E-state index in [2.05, 4.69) is 0 Å². The summed E-state index contributed by atoms with van der Waals surface area (Å²) in [4.78, 5) is 11.3. The van der Waals surface area contributed by atoms with Crippen LogP contribution in [0.4, 0.5) is 0 Å². The number of benzene rings is 1. The zero-order chi connectivity index (χ0) is 18.8. The number of ether oxygens (including phenoxy) is 2. The predicted molar refractivity (Wildman–Crippen MR) is 105 cm³/mol. The summed E-state index contributed by atoms with van der Waals surface area (Å²) in [5.74, 6) is 0.278. The van der Waals surface area contributed by atoms with E-state index < -0.39 is 0 Å². The molecule has 0 radical (unpaired) electrons. The Bertz CT molecular complexity index is 705. The number of allylic oxidation sites excluding steroid dienone is 6. The van der Waals surface area contributed by atoms with Crippen LogP contribution in [0.1, 0.15) is 26.3 Å². The number of carbonyl (C=O) groups is 1. The summed E-state index contributed by atoms with van der Waals surface area (Å²) in [6.07, 6.45) is 10.8. The zero-order valence-corrected chi connectivity index (χ0v) is 16.3. The topological polar surface area (TPSA) is 35.5 Å². The fraction of sp³-hybridized carbons (Fsp3) is 0.250. The lowest BCUT2D eigenvalue weighted by atomic mass is 10.1. The maximum atomic E-state index is 11.3. The highest BCUT2D eigenvalue weighted by atomic mass is 35.5. The molecule has 0 heterocycles. The van der Waals surface area contributed by atoms with Crippen molar-refractivity contribution < 1.29 is 14.3 Å². The molecule has 0 aromatic heterocycles. The second-order valence-corrected chi connectivity index (χ2v) is 6.06. The number of carbonyl (C=O) groups excluding carboxylic acids is 1. The van der Waals surface area contributed by atoms with Crippen molar-refractivity contribution in [3.05, 3.63) is 69.3 Å². The number of halogens is 2. The lowest BCUT2D eigenvalue weighted by Crippen LogP contribution is -1.99. The first-order valence-electron chi connectivity index (χ1n) is 7.78. The third-order valence-electron chi connectivity index (χ3n) is 3.15. The van der Waals surface area contributed by atoms with E-state index in [0.717, 1.165) is 16.7 Å². The van der Waals surface area contributed by atoms with Gasteiger partial charge in [-0.25, -0.2) is 4.79 Å². The van der Waals surface area contributed by atoms with Gasteiger partial charge < -0.3 is 9.47 Å². The second kappa shape index (κ2) is 10.8. The van der Waals surface area contributed by atoms with Gasteiger partial charge in [-0.1, -0.05) is 59.2 Å². The van der Waals surface area contributed by atoms with Gasteiger partial charge >= 0.3 is 5.97 Å². The maximum absolute atomic E-state index is 11.3. The summed E-state index contributed by atoms with van der Waals surface area (Å²) in [5.41, 5.74) is 2.55. The first-order chi connectivity index (χ1) is 11.9. The van der Waals surface area contributed by atoms with Gasteiger partial charge in [0.25, 0.3) is 0 Å². The highest BCUT2D eigenvalue weighted by Gasteiger charge is 2.05. The van der Waals surface area contributed by atoms with Gasteiger partial charge in [0, 0.05) is 11.6 Å². The standard InChI is InChI=1S/C20H22Cl2O3/c1-5-25-20(23)11-15(3)8-6-7-14(2)9-10-17-18(21)12-16(24-4)13-19(17)22/h6-13H,5H2,1-4H3. The fourth-order valence-electron chi connectivity index (χ4n) is 1.88. The van der Waals surface area contributed by atoms with E-state index in [1.54, 1.807) is 26.2 Å². The van der Waals surface area contributed by atoms with Crippen LogP contribution < -0.4 is 4.74 Å². The molecular weight excluding hydrogens is 359 g/mol. The molecule has 1 aromatic rings. The van der Waals surface area contributed by atoms with Crippen molar-refractivity contribution >= 4 is 35.2 Å². The van der Waals surface area contributed by atoms with Crippen LogP contribution in [0.15, 0.2) is 53.7 Å². The van der Waals surface area contributed by atoms with E-state index in [0.29, 0.717) is 22.4 Å². The monoisotopic (exact) mass is 380 g/mol. The van der Waals surface area contributed by atoms with Gasteiger partial charge in [-0.2, -0.15) is 0 Å². The normalized spacial score (nSPS) is 12.9. The van der Waals surface area contributed by atoms with Crippen LogP contribution in [0.2, 0.25) is 10.0 Å². The van der Waals surface area contributed by atoms with Crippen molar-refractivity contribution in [3.8, 4) is 5.75 Å². The van der Waals surface area contributed by atoms with Crippen LogP contribution in [0.3, 0.4) is 0 Å². The molecular formula is C20H22Cl2O3. The third-order valence-corrected chi connectivity index (χ3v) is 3.78. The smallest absolute Gasteiger partial charge is 0.330 e. The van der Waals surface area contributed by atoms with Gasteiger partial charge in [0.05, 0.1) is 23.8 Å². The Kier molecular flexibility index (Phi) is 9.11. The Morgan fingerprint density at radius 3 is 2.32 bits per heavy atom. The first-order valence-corrected chi connectivity index (χ1v) is 8.54. The maximum Gasteiger partial charge on any atom is 0.330 e. The Labute approximate surface area is 159 Å². The molecule has 0 saturated heterocycles. The van der Waals surface area contributed by atoms with Gasteiger partial charge in [0.15, 0.2) is 0 Å². The lowest BCUT2D eigenvalue weighted by Gasteiger charge is -2.05. The number of hydrogen-bond acceptors (Lipinski definition) is 3. The zero-order valence-electron chi connectivity index (χ0n) is 14.8. The Balaban J connectivity index is 2.80. The molecule has 0 saturated carbocycles. The Morgan fingerprint density at radius 2 is 1.76 bits per heavy atom. The molecule has 134 valence electrons. The molecule has 0 spiro atoms. The molecule has 0 bridgehead atoms. The minimum absolute atomic E-state index is 0.339. The van der Waals surface area contributed by atoms with Crippen molar-refractivity contribution in [1.29, 1.82) is 0 Å². The van der Waals surface area contributed by atoms with Crippen LogP contribution in [0.25, 0.3) is 6.08 Å². The molecule has 5 heteroatoms. The summed E-state index contributed by atoms with van der Waals surface area (Å²) < 4.78 is 9.98. The molecule has 0 aliphatic rings. The second-order valence-electron chi connectivity index (χ2n) is 5.25.